The van der Waals surface area contributed by atoms with Crippen LogP contribution in [0.15, 0.2) is 10.2 Å². The van der Waals surface area contributed by atoms with Crippen molar-refractivity contribution < 1.29 is 13.5 Å². The molecular weight excluding hydrogens is 178 g/mol. The van der Waals surface area contributed by atoms with Gasteiger partial charge in [0.15, 0.2) is 4.87 Å². The largest absolute Gasteiger partial charge is 0.417 e. The zero-order valence-electron chi connectivity index (χ0n) is 5.59. The monoisotopic (exact) mass is 182 g/mol. The summed E-state index contributed by atoms with van der Waals surface area (Å²) < 4.78 is 27.2. The summed E-state index contributed by atoms with van der Waals surface area (Å²) in [5.41, 5.74) is 0. The van der Waals surface area contributed by atoms with E-state index in [4.69, 9.17) is 11.6 Å². The minimum absolute atomic E-state index is 0.269. The van der Waals surface area contributed by atoms with Gasteiger partial charge in [0.1, 0.15) is 0 Å². The zero-order chi connectivity index (χ0) is 8.48. The summed E-state index contributed by atoms with van der Waals surface area (Å²) in [6.45, 7) is -1.44. The number of rotatable bonds is 1. The maximum absolute atomic E-state index is 11.6. The third-order valence-electron chi connectivity index (χ3n) is 1.07. The molecule has 0 radical (unpaired) electrons. The van der Waals surface area contributed by atoms with Crippen LogP contribution < -0.4 is 0 Å². The summed E-state index contributed by atoms with van der Waals surface area (Å²) in [4.78, 5) is -1.13. The fraction of sp³-hybridized carbons (Fsp3) is 0.600. The van der Waals surface area contributed by atoms with Gasteiger partial charge in [-0.15, -0.1) is 16.7 Å². The molecule has 1 unspecified atom stereocenters. The Labute approximate surface area is 66.7 Å². The minimum Gasteiger partial charge on any atom is -0.417 e. The van der Waals surface area contributed by atoms with Crippen molar-refractivity contribution in [2.24, 2.45) is 10.2 Å². The van der Waals surface area contributed by atoms with Crippen molar-refractivity contribution in [2.45, 2.75) is 18.4 Å². The number of alkyl halides is 3. The third-order valence-corrected chi connectivity index (χ3v) is 1.33. The molecule has 0 fully saturated rings. The highest BCUT2D eigenvalue weighted by Crippen LogP contribution is 2.21. The Morgan fingerprint density at radius 3 is 2.73 bits per heavy atom. The van der Waals surface area contributed by atoms with Gasteiger partial charge >= 0.3 is 6.61 Å². The molecule has 0 saturated heterocycles. The van der Waals surface area contributed by atoms with Gasteiger partial charge in [0.05, 0.1) is 6.21 Å². The van der Waals surface area contributed by atoms with Gasteiger partial charge in [-0.3, -0.25) is 0 Å². The fourth-order valence-corrected chi connectivity index (χ4v) is 0.692. The van der Waals surface area contributed by atoms with E-state index in [1.54, 1.807) is 0 Å². The molecule has 0 aromatic heterocycles. The Kier molecular flexibility index (Phi) is 2.08. The first-order valence-electron chi connectivity index (χ1n) is 2.79. The molecule has 0 saturated carbocycles. The van der Waals surface area contributed by atoms with Crippen LogP contribution in [0.1, 0.15) is 6.92 Å². The van der Waals surface area contributed by atoms with Gasteiger partial charge < -0.3 is 4.74 Å². The van der Waals surface area contributed by atoms with E-state index in [-0.39, 0.29) is 5.90 Å². The van der Waals surface area contributed by atoms with Crippen LogP contribution in [0.4, 0.5) is 8.78 Å². The van der Waals surface area contributed by atoms with Crippen LogP contribution in [-0.4, -0.2) is 23.6 Å². The van der Waals surface area contributed by atoms with Crippen molar-refractivity contribution in [3.63, 3.8) is 0 Å². The Morgan fingerprint density at radius 1 is 1.73 bits per heavy atom. The lowest BCUT2D eigenvalue weighted by molar-refractivity contribution is -0.0624. The Hall–Kier alpha value is -0.710. The lowest BCUT2D eigenvalue weighted by Crippen LogP contribution is -2.30. The highest BCUT2D eigenvalue weighted by Gasteiger charge is 2.33. The van der Waals surface area contributed by atoms with Crippen molar-refractivity contribution in [3.05, 3.63) is 0 Å². The predicted octanol–water partition coefficient (Wildman–Crippen LogP) is 1.62. The molecule has 0 spiro atoms. The normalized spacial score (nSPS) is 29.4. The molecule has 6 heteroatoms. The van der Waals surface area contributed by atoms with Crippen molar-refractivity contribution >= 4 is 23.7 Å². The molecule has 1 atom stereocenters. The zero-order valence-corrected chi connectivity index (χ0v) is 6.35. The molecule has 62 valence electrons. The van der Waals surface area contributed by atoms with Crippen molar-refractivity contribution in [3.8, 4) is 0 Å². The van der Waals surface area contributed by atoms with E-state index in [2.05, 4.69) is 14.9 Å². The molecular formula is C5H5ClF2N2O. The van der Waals surface area contributed by atoms with Gasteiger partial charge in [0.2, 0.25) is 5.90 Å². The minimum atomic E-state index is -2.91. The van der Waals surface area contributed by atoms with Crippen LogP contribution in [0.3, 0.4) is 0 Å². The average Bonchev–Trinajstić information content (AvgIpc) is 2.10. The van der Waals surface area contributed by atoms with E-state index in [9.17, 15) is 8.78 Å². The van der Waals surface area contributed by atoms with E-state index in [1.165, 1.54) is 13.1 Å². The van der Waals surface area contributed by atoms with Gasteiger partial charge in [-0.2, -0.15) is 13.9 Å². The molecule has 0 amide bonds. The van der Waals surface area contributed by atoms with E-state index in [1.807, 2.05) is 0 Å². The lowest BCUT2D eigenvalue weighted by Gasteiger charge is -2.13. The van der Waals surface area contributed by atoms with Gasteiger partial charge in [-0.25, -0.2) is 0 Å². The maximum Gasteiger partial charge on any atom is 0.388 e. The van der Waals surface area contributed by atoms with Crippen molar-refractivity contribution in [2.75, 3.05) is 0 Å². The predicted molar refractivity (Wildman–Crippen MR) is 37.3 cm³/mol. The Bertz CT molecular complexity index is 215. The summed E-state index contributed by atoms with van der Waals surface area (Å²) in [6.07, 6.45) is 1.23. The first-order valence-corrected chi connectivity index (χ1v) is 3.16. The standard InChI is InChI=1S/C5H5ClF2N2O/c1-5(6)2-9-10-3(5)11-4(7)8/h2,4H,1H3. The summed E-state index contributed by atoms with van der Waals surface area (Å²) >= 11 is 5.64. The number of nitrogens with zero attached hydrogens (tertiary/aromatic N) is 2. The average molecular weight is 183 g/mol. The third kappa shape index (κ3) is 1.86. The van der Waals surface area contributed by atoms with Gasteiger partial charge in [0, 0.05) is 0 Å². The summed E-state index contributed by atoms with van der Waals surface area (Å²) in [7, 11) is 0. The van der Waals surface area contributed by atoms with E-state index < -0.39 is 11.5 Å². The van der Waals surface area contributed by atoms with E-state index >= 15 is 0 Å². The molecule has 0 aliphatic carbocycles. The Balaban J connectivity index is 2.62. The highest BCUT2D eigenvalue weighted by molar-refractivity contribution is 6.44. The van der Waals surface area contributed by atoms with Gasteiger partial charge in [-0.1, -0.05) is 0 Å². The molecule has 11 heavy (non-hydrogen) atoms. The second kappa shape index (κ2) is 2.73. The molecule has 0 bridgehead atoms. The molecule has 1 rings (SSSR count). The topological polar surface area (TPSA) is 34.0 Å². The summed E-state index contributed by atoms with van der Waals surface area (Å²) in [5.74, 6) is -0.269. The number of ether oxygens (including phenoxy) is 1. The molecule has 0 aromatic carbocycles. The van der Waals surface area contributed by atoms with Crippen LogP contribution in [0, 0.1) is 0 Å². The summed E-state index contributed by atoms with van der Waals surface area (Å²) in [5, 5.41) is 6.62. The molecule has 0 aromatic rings. The molecule has 1 aliphatic rings. The maximum atomic E-state index is 11.6. The number of hydrogen-bond acceptors (Lipinski definition) is 3. The molecule has 1 heterocycles. The quantitative estimate of drug-likeness (QED) is 0.568. The summed E-state index contributed by atoms with van der Waals surface area (Å²) in [6, 6.07) is 0. The second-order valence-corrected chi connectivity index (χ2v) is 2.89. The number of halogens is 3. The van der Waals surface area contributed by atoms with Crippen molar-refractivity contribution in [1.29, 1.82) is 0 Å². The first kappa shape index (κ1) is 8.39. The van der Waals surface area contributed by atoms with Gasteiger partial charge in [0.25, 0.3) is 0 Å². The van der Waals surface area contributed by atoms with Crippen LogP contribution in [0.25, 0.3) is 0 Å². The Morgan fingerprint density at radius 2 is 2.36 bits per heavy atom. The smallest absolute Gasteiger partial charge is 0.388 e. The second-order valence-electron chi connectivity index (χ2n) is 2.10. The molecule has 1 aliphatic heterocycles. The van der Waals surface area contributed by atoms with Crippen LogP contribution in [-0.2, 0) is 4.74 Å². The van der Waals surface area contributed by atoms with Gasteiger partial charge in [-0.05, 0) is 6.92 Å². The van der Waals surface area contributed by atoms with Crippen LogP contribution in [0.2, 0.25) is 0 Å². The van der Waals surface area contributed by atoms with Crippen LogP contribution >= 0.6 is 11.6 Å². The fourth-order valence-electron chi connectivity index (χ4n) is 0.566. The highest BCUT2D eigenvalue weighted by atomic mass is 35.5. The van der Waals surface area contributed by atoms with E-state index in [0.29, 0.717) is 0 Å². The molecule has 3 nitrogen and oxygen atoms in total. The molecule has 0 N–H and O–H groups in total. The number of hydrogen-bond donors (Lipinski definition) is 0. The SMILES string of the molecule is CC1(Cl)C=NN=C1OC(F)F. The first-order chi connectivity index (χ1) is 5.02. The van der Waals surface area contributed by atoms with Crippen molar-refractivity contribution in [1.82, 2.24) is 0 Å². The lowest BCUT2D eigenvalue weighted by atomic mass is 10.2. The van der Waals surface area contributed by atoms with E-state index in [0.717, 1.165) is 0 Å². The van der Waals surface area contributed by atoms with Crippen LogP contribution in [0.5, 0.6) is 0 Å².